The van der Waals surface area contributed by atoms with Crippen molar-refractivity contribution in [3.63, 3.8) is 0 Å². The number of carbonyl (C=O) groups is 1. The molecule has 0 bridgehead atoms. The molecule has 0 fully saturated rings. The van der Waals surface area contributed by atoms with Crippen molar-refractivity contribution in [2.75, 3.05) is 26.1 Å². The van der Waals surface area contributed by atoms with Crippen LogP contribution >= 0.6 is 0 Å². The summed E-state index contributed by atoms with van der Waals surface area (Å²) >= 11 is 0. The van der Waals surface area contributed by atoms with Crippen LogP contribution in [0.4, 0.5) is 5.82 Å². The minimum absolute atomic E-state index is 0.0194. The highest BCUT2D eigenvalue weighted by Gasteiger charge is 2.29. The van der Waals surface area contributed by atoms with Gasteiger partial charge in [0.05, 0.1) is 20.8 Å². The summed E-state index contributed by atoms with van der Waals surface area (Å²) in [5.41, 5.74) is 1.67. The Morgan fingerprint density at radius 1 is 1.14 bits per heavy atom. The molecule has 3 rings (SSSR count). The number of aromatic nitrogens is 2. The number of methoxy groups -OCH3 is 2. The number of nitrogens with one attached hydrogen (secondary N) is 1. The van der Waals surface area contributed by atoms with E-state index in [2.05, 4.69) is 30.7 Å². The minimum Gasteiger partial charge on any atom is -0.493 e. The molecule has 0 radical (unpaired) electrons. The first-order valence-corrected chi connectivity index (χ1v) is 10.0. The van der Waals surface area contributed by atoms with Gasteiger partial charge in [0.25, 0.3) is 0 Å². The Labute approximate surface area is 173 Å². The van der Waals surface area contributed by atoms with Crippen LogP contribution in [0.15, 0.2) is 18.2 Å². The molecular formula is C22H32N4O3. The first-order chi connectivity index (χ1) is 13.6. The van der Waals surface area contributed by atoms with E-state index in [1.807, 2.05) is 36.9 Å². The molecule has 0 aliphatic carbocycles. The zero-order chi connectivity index (χ0) is 21.3. The van der Waals surface area contributed by atoms with Gasteiger partial charge in [0.15, 0.2) is 11.5 Å². The monoisotopic (exact) mass is 400 g/mol. The van der Waals surface area contributed by atoms with E-state index in [-0.39, 0.29) is 17.4 Å². The van der Waals surface area contributed by atoms with Gasteiger partial charge >= 0.3 is 0 Å². The summed E-state index contributed by atoms with van der Waals surface area (Å²) in [6.45, 7) is 12.2. The number of anilines is 1. The van der Waals surface area contributed by atoms with Crippen molar-refractivity contribution in [1.29, 1.82) is 0 Å². The Morgan fingerprint density at radius 2 is 1.83 bits per heavy atom. The van der Waals surface area contributed by atoms with Gasteiger partial charge in [-0.3, -0.25) is 4.79 Å². The first kappa shape index (κ1) is 21.0. The standard InChI is InChI=1S/C22H32N4O3/c1-14(2)21(27)25-10-11-26-18(13-25)23-19(20(26)24-22(3,4)5)15-8-9-16(28-6)17(12-15)29-7/h8-9,12,14,24H,10-11,13H2,1-7H3. The fourth-order valence-corrected chi connectivity index (χ4v) is 3.55. The molecule has 0 atom stereocenters. The van der Waals surface area contributed by atoms with E-state index in [0.717, 1.165) is 22.9 Å². The first-order valence-electron chi connectivity index (χ1n) is 10.0. The lowest BCUT2D eigenvalue weighted by Gasteiger charge is -2.31. The van der Waals surface area contributed by atoms with Crippen molar-refractivity contribution >= 4 is 11.7 Å². The maximum Gasteiger partial charge on any atom is 0.225 e. The summed E-state index contributed by atoms with van der Waals surface area (Å²) in [6, 6.07) is 5.82. The number of nitrogens with zero attached hydrogens (tertiary/aromatic N) is 3. The van der Waals surface area contributed by atoms with Crippen LogP contribution < -0.4 is 14.8 Å². The Hall–Kier alpha value is -2.70. The molecule has 0 saturated heterocycles. The van der Waals surface area contributed by atoms with Crippen LogP contribution in [0.5, 0.6) is 11.5 Å². The van der Waals surface area contributed by atoms with Crippen LogP contribution in [0.3, 0.4) is 0 Å². The molecule has 158 valence electrons. The molecule has 1 aliphatic rings. The largest absolute Gasteiger partial charge is 0.493 e. The van der Waals surface area contributed by atoms with E-state index < -0.39 is 0 Å². The number of imidazole rings is 1. The number of carbonyl (C=O) groups excluding carboxylic acids is 1. The molecule has 29 heavy (non-hydrogen) atoms. The van der Waals surface area contributed by atoms with Crippen molar-refractivity contribution in [3.05, 3.63) is 24.0 Å². The fraction of sp³-hybridized carbons (Fsp3) is 0.545. The van der Waals surface area contributed by atoms with E-state index >= 15 is 0 Å². The highest BCUT2D eigenvalue weighted by atomic mass is 16.5. The van der Waals surface area contributed by atoms with Crippen molar-refractivity contribution in [2.45, 2.75) is 53.2 Å². The molecule has 0 spiro atoms. The number of hydrogen-bond donors (Lipinski definition) is 1. The number of fused-ring (bicyclic) bond motifs is 1. The second kappa shape index (κ2) is 7.97. The van der Waals surface area contributed by atoms with Crippen molar-refractivity contribution in [3.8, 4) is 22.8 Å². The summed E-state index contributed by atoms with van der Waals surface area (Å²) in [5.74, 6) is 3.35. The van der Waals surface area contributed by atoms with Gasteiger partial charge in [0.2, 0.25) is 5.91 Å². The van der Waals surface area contributed by atoms with Crippen LogP contribution in [-0.2, 0) is 17.9 Å². The Bertz CT molecular complexity index is 896. The molecule has 0 saturated carbocycles. The summed E-state index contributed by atoms with van der Waals surface area (Å²) in [6.07, 6.45) is 0. The van der Waals surface area contributed by atoms with Crippen LogP contribution in [0.25, 0.3) is 11.3 Å². The number of rotatable bonds is 5. The topological polar surface area (TPSA) is 68.6 Å². The lowest BCUT2D eigenvalue weighted by molar-refractivity contribution is -0.136. The van der Waals surface area contributed by atoms with Gasteiger partial charge in [0, 0.05) is 30.1 Å². The van der Waals surface area contributed by atoms with Crippen molar-refractivity contribution in [2.24, 2.45) is 5.92 Å². The number of ether oxygens (including phenoxy) is 2. The highest BCUT2D eigenvalue weighted by molar-refractivity contribution is 5.79. The molecule has 7 nitrogen and oxygen atoms in total. The van der Waals surface area contributed by atoms with Crippen LogP contribution in [0.1, 0.15) is 40.4 Å². The van der Waals surface area contributed by atoms with Gasteiger partial charge in [-0.1, -0.05) is 13.8 Å². The molecule has 1 aromatic carbocycles. The SMILES string of the molecule is COc1ccc(-c2nc3n(c2NC(C)(C)C)CCN(C(=O)C(C)C)C3)cc1OC. The van der Waals surface area contributed by atoms with E-state index in [9.17, 15) is 4.79 Å². The molecular weight excluding hydrogens is 368 g/mol. The predicted molar refractivity (Wildman–Crippen MR) is 114 cm³/mol. The Balaban J connectivity index is 2.07. The van der Waals surface area contributed by atoms with Gasteiger partial charge in [-0.15, -0.1) is 0 Å². The third-order valence-corrected chi connectivity index (χ3v) is 4.93. The fourth-order valence-electron chi connectivity index (χ4n) is 3.55. The second-order valence-corrected chi connectivity index (χ2v) is 8.74. The smallest absolute Gasteiger partial charge is 0.225 e. The minimum atomic E-state index is -0.132. The van der Waals surface area contributed by atoms with E-state index in [1.165, 1.54) is 0 Å². The van der Waals surface area contributed by atoms with Crippen molar-refractivity contribution < 1.29 is 14.3 Å². The van der Waals surface area contributed by atoms with Crippen LogP contribution in [-0.4, -0.2) is 46.7 Å². The Kier molecular flexibility index (Phi) is 5.78. The molecule has 1 amide bonds. The maximum absolute atomic E-state index is 12.5. The second-order valence-electron chi connectivity index (χ2n) is 8.74. The molecule has 0 unspecified atom stereocenters. The van der Waals surface area contributed by atoms with E-state index in [4.69, 9.17) is 14.5 Å². The summed E-state index contributed by atoms with van der Waals surface area (Å²) in [4.78, 5) is 19.3. The predicted octanol–water partition coefficient (Wildman–Crippen LogP) is 3.78. The molecule has 1 N–H and O–H groups in total. The van der Waals surface area contributed by atoms with Gasteiger partial charge in [-0.25, -0.2) is 4.98 Å². The van der Waals surface area contributed by atoms with E-state index in [1.54, 1.807) is 14.2 Å². The number of hydrogen-bond acceptors (Lipinski definition) is 5. The molecule has 2 heterocycles. The third-order valence-electron chi connectivity index (χ3n) is 4.93. The zero-order valence-electron chi connectivity index (χ0n) is 18.5. The quantitative estimate of drug-likeness (QED) is 0.827. The molecule has 7 heteroatoms. The summed E-state index contributed by atoms with van der Waals surface area (Å²) in [7, 11) is 3.25. The van der Waals surface area contributed by atoms with Gasteiger partial charge in [-0.05, 0) is 39.0 Å². The normalized spacial score (nSPS) is 14.0. The number of amides is 1. The Morgan fingerprint density at radius 3 is 2.41 bits per heavy atom. The molecule has 1 aliphatic heterocycles. The van der Waals surface area contributed by atoms with Gasteiger partial charge < -0.3 is 24.3 Å². The summed E-state index contributed by atoms with van der Waals surface area (Å²) in [5, 5.41) is 3.61. The molecule has 2 aromatic rings. The average Bonchev–Trinajstić information content (AvgIpc) is 3.02. The zero-order valence-corrected chi connectivity index (χ0v) is 18.5. The molecule has 1 aromatic heterocycles. The third kappa shape index (κ3) is 4.33. The lowest BCUT2D eigenvalue weighted by Crippen LogP contribution is -2.41. The van der Waals surface area contributed by atoms with Gasteiger partial charge in [-0.2, -0.15) is 0 Å². The maximum atomic E-state index is 12.5. The summed E-state index contributed by atoms with van der Waals surface area (Å²) < 4.78 is 13.1. The van der Waals surface area contributed by atoms with Crippen LogP contribution in [0.2, 0.25) is 0 Å². The number of benzene rings is 1. The van der Waals surface area contributed by atoms with Gasteiger partial charge in [0.1, 0.15) is 17.3 Å². The average molecular weight is 401 g/mol. The van der Waals surface area contributed by atoms with E-state index in [0.29, 0.717) is 31.1 Å². The lowest BCUT2D eigenvalue weighted by atomic mass is 10.1. The van der Waals surface area contributed by atoms with Crippen LogP contribution in [0, 0.1) is 5.92 Å². The van der Waals surface area contributed by atoms with Crippen molar-refractivity contribution in [1.82, 2.24) is 14.5 Å². The highest BCUT2D eigenvalue weighted by Crippen LogP contribution is 2.37.